The maximum Gasteiger partial charge on any atom is 0.137 e. The van der Waals surface area contributed by atoms with Crippen LogP contribution in [0.2, 0.25) is 0 Å². The van der Waals surface area contributed by atoms with Crippen LogP contribution in [0.3, 0.4) is 0 Å². The van der Waals surface area contributed by atoms with Gasteiger partial charge in [-0.1, -0.05) is 34.1 Å². The van der Waals surface area contributed by atoms with Crippen LogP contribution in [0.5, 0.6) is 0 Å². The van der Waals surface area contributed by atoms with Crippen molar-refractivity contribution in [3.63, 3.8) is 0 Å². The average Bonchev–Trinajstić information content (AvgIpc) is 2.41. The number of carbonyl (C=O) groups excluding carboxylic acids is 1. The fraction of sp³-hybridized carbons (Fsp3) is 0.188. The smallest absolute Gasteiger partial charge is 0.137 e. The molecule has 0 fully saturated rings. The Morgan fingerprint density at radius 2 is 1.85 bits per heavy atom. The van der Waals surface area contributed by atoms with Crippen LogP contribution in [0.1, 0.15) is 17.5 Å². The SMILES string of the molecule is Nc1ccc(CCC(=O)Cc2ccc(F)cc2Br)cc1. The maximum atomic E-state index is 13.0. The van der Waals surface area contributed by atoms with Crippen molar-refractivity contribution < 1.29 is 9.18 Å². The number of rotatable bonds is 5. The molecule has 0 saturated heterocycles. The van der Waals surface area contributed by atoms with Crippen molar-refractivity contribution in [1.29, 1.82) is 0 Å². The third-order valence-electron chi connectivity index (χ3n) is 3.07. The zero-order chi connectivity index (χ0) is 14.5. The van der Waals surface area contributed by atoms with E-state index < -0.39 is 0 Å². The minimum atomic E-state index is -0.310. The molecular weight excluding hydrogens is 321 g/mol. The Morgan fingerprint density at radius 3 is 2.50 bits per heavy atom. The highest BCUT2D eigenvalue weighted by Crippen LogP contribution is 2.19. The minimum Gasteiger partial charge on any atom is -0.399 e. The number of hydrogen-bond donors (Lipinski definition) is 1. The molecule has 0 aliphatic carbocycles. The number of nitrogen functional groups attached to an aromatic ring is 1. The monoisotopic (exact) mass is 335 g/mol. The van der Waals surface area contributed by atoms with Crippen molar-refractivity contribution in [2.45, 2.75) is 19.3 Å². The van der Waals surface area contributed by atoms with Crippen LogP contribution < -0.4 is 5.73 Å². The number of benzene rings is 2. The van der Waals surface area contributed by atoms with Crippen LogP contribution >= 0.6 is 15.9 Å². The molecule has 0 saturated carbocycles. The van der Waals surface area contributed by atoms with Crippen molar-refractivity contribution in [3.05, 3.63) is 63.9 Å². The van der Waals surface area contributed by atoms with Gasteiger partial charge in [0, 0.05) is 23.0 Å². The van der Waals surface area contributed by atoms with Gasteiger partial charge in [0.2, 0.25) is 0 Å². The van der Waals surface area contributed by atoms with E-state index in [1.165, 1.54) is 12.1 Å². The van der Waals surface area contributed by atoms with E-state index in [1.54, 1.807) is 6.07 Å². The molecule has 4 heteroatoms. The highest BCUT2D eigenvalue weighted by Gasteiger charge is 2.08. The van der Waals surface area contributed by atoms with E-state index in [2.05, 4.69) is 15.9 Å². The third kappa shape index (κ3) is 4.17. The van der Waals surface area contributed by atoms with Crippen LogP contribution in [0, 0.1) is 5.82 Å². The summed E-state index contributed by atoms with van der Waals surface area (Å²) in [6, 6.07) is 11.9. The standard InChI is InChI=1S/C16H15BrFNO/c17-16-10-13(18)5-4-12(16)9-15(20)8-3-11-1-6-14(19)7-2-11/h1-2,4-7,10H,3,8-9,19H2. The van der Waals surface area contributed by atoms with Gasteiger partial charge in [-0.3, -0.25) is 4.79 Å². The molecule has 0 aliphatic rings. The molecule has 2 nitrogen and oxygen atoms in total. The lowest BCUT2D eigenvalue weighted by Crippen LogP contribution is -2.05. The number of nitrogens with two attached hydrogens (primary N) is 1. The van der Waals surface area contributed by atoms with E-state index in [4.69, 9.17) is 5.73 Å². The molecule has 0 atom stereocenters. The van der Waals surface area contributed by atoms with Crippen LogP contribution in [-0.4, -0.2) is 5.78 Å². The number of halogens is 2. The van der Waals surface area contributed by atoms with Gasteiger partial charge in [0.05, 0.1) is 0 Å². The molecule has 2 rings (SSSR count). The number of anilines is 1. The first-order valence-electron chi connectivity index (χ1n) is 6.34. The molecule has 2 N–H and O–H groups in total. The topological polar surface area (TPSA) is 43.1 Å². The molecule has 0 aliphatic heterocycles. The molecule has 0 amide bonds. The summed E-state index contributed by atoms with van der Waals surface area (Å²) >= 11 is 3.27. The summed E-state index contributed by atoms with van der Waals surface area (Å²) in [6.45, 7) is 0. The van der Waals surface area contributed by atoms with Crippen molar-refractivity contribution >= 4 is 27.4 Å². The van der Waals surface area contributed by atoms with Gasteiger partial charge in [0.25, 0.3) is 0 Å². The van der Waals surface area contributed by atoms with E-state index >= 15 is 0 Å². The molecule has 20 heavy (non-hydrogen) atoms. The average molecular weight is 336 g/mol. The fourth-order valence-corrected chi connectivity index (χ4v) is 2.42. The first kappa shape index (κ1) is 14.7. The molecule has 0 aromatic heterocycles. The van der Waals surface area contributed by atoms with E-state index in [0.717, 1.165) is 16.8 Å². The Labute approximate surface area is 125 Å². The number of hydrogen-bond acceptors (Lipinski definition) is 2. The molecule has 0 heterocycles. The number of Topliss-reactive ketones (excluding diaryl/α,β-unsaturated/α-hetero) is 1. The first-order valence-corrected chi connectivity index (χ1v) is 7.14. The van der Waals surface area contributed by atoms with Crippen molar-refractivity contribution in [1.82, 2.24) is 0 Å². The second kappa shape index (κ2) is 6.66. The number of carbonyl (C=O) groups is 1. The molecule has 0 radical (unpaired) electrons. The van der Waals surface area contributed by atoms with Gasteiger partial charge < -0.3 is 5.73 Å². The van der Waals surface area contributed by atoms with Gasteiger partial charge in [-0.25, -0.2) is 4.39 Å². The molecule has 104 valence electrons. The van der Waals surface area contributed by atoms with Gasteiger partial charge in [0.15, 0.2) is 0 Å². The van der Waals surface area contributed by atoms with Crippen molar-refractivity contribution in [2.75, 3.05) is 5.73 Å². The van der Waals surface area contributed by atoms with Gasteiger partial charge >= 0.3 is 0 Å². The normalized spacial score (nSPS) is 10.5. The molecule has 2 aromatic carbocycles. The second-order valence-electron chi connectivity index (χ2n) is 4.69. The molecule has 2 aromatic rings. The van der Waals surface area contributed by atoms with Gasteiger partial charge in [0.1, 0.15) is 11.6 Å². The van der Waals surface area contributed by atoms with E-state index in [0.29, 0.717) is 23.7 Å². The maximum absolute atomic E-state index is 13.0. The zero-order valence-electron chi connectivity index (χ0n) is 10.9. The lowest BCUT2D eigenvalue weighted by Gasteiger charge is -2.05. The minimum absolute atomic E-state index is 0.133. The molecule has 0 unspecified atom stereocenters. The Kier molecular flexibility index (Phi) is 4.90. The molecular formula is C16H15BrFNO. The summed E-state index contributed by atoms with van der Waals surface area (Å²) in [4.78, 5) is 12.0. The lowest BCUT2D eigenvalue weighted by molar-refractivity contribution is -0.118. The number of aryl methyl sites for hydroxylation is 1. The largest absolute Gasteiger partial charge is 0.399 e. The summed E-state index contributed by atoms with van der Waals surface area (Å²) in [6.07, 6.45) is 1.47. The highest BCUT2D eigenvalue weighted by atomic mass is 79.9. The Hall–Kier alpha value is -1.68. The zero-order valence-corrected chi connectivity index (χ0v) is 12.5. The lowest BCUT2D eigenvalue weighted by atomic mass is 10.0. The van der Waals surface area contributed by atoms with Gasteiger partial charge in [-0.15, -0.1) is 0 Å². The van der Waals surface area contributed by atoms with Crippen LogP contribution in [0.4, 0.5) is 10.1 Å². The van der Waals surface area contributed by atoms with Crippen LogP contribution in [0.15, 0.2) is 46.9 Å². The summed E-state index contributed by atoms with van der Waals surface area (Å²) in [7, 11) is 0. The summed E-state index contributed by atoms with van der Waals surface area (Å²) < 4.78 is 13.6. The van der Waals surface area contributed by atoms with Gasteiger partial charge in [-0.2, -0.15) is 0 Å². The Morgan fingerprint density at radius 1 is 1.15 bits per heavy atom. The highest BCUT2D eigenvalue weighted by molar-refractivity contribution is 9.10. The summed E-state index contributed by atoms with van der Waals surface area (Å²) in [5.74, 6) is -0.177. The molecule has 0 bridgehead atoms. The number of ketones is 1. The van der Waals surface area contributed by atoms with E-state index in [1.807, 2.05) is 24.3 Å². The van der Waals surface area contributed by atoms with Crippen molar-refractivity contribution in [2.24, 2.45) is 0 Å². The quantitative estimate of drug-likeness (QED) is 0.841. The fourth-order valence-electron chi connectivity index (χ4n) is 1.93. The Bertz CT molecular complexity index is 610. The summed E-state index contributed by atoms with van der Waals surface area (Å²) in [5.41, 5.74) is 8.23. The third-order valence-corrected chi connectivity index (χ3v) is 3.81. The summed E-state index contributed by atoms with van der Waals surface area (Å²) in [5, 5.41) is 0. The van der Waals surface area contributed by atoms with Gasteiger partial charge in [-0.05, 0) is 41.8 Å². The molecule has 0 spiro atoms. The van der Waals surface area contributed by atoms with E-state index in [-0.39, 0.29) is 11.6 Å². The van der Waals surface area contributed by atoms with E-state index in [9.17, 15) is 9.18 Å². The van der Waals surface area contributed by atoms with Crippen LogP contribution in [0.25, 0.3) is 0 Å². The second-order valence-corrected chi connectivity index (χ2v) is 5.55. The van der Waals surface area contributed by atoms with Crippen molar-refractivity contribution in [3.8, 4) is 0 Å². The predicted molar refractivity (Wildman–Crippen MR) is 82.0 cm³/mol. The van der Waals surface area contributed by atoms with Crippen LogP contribution in [-0.2, 0) is 17.6 Å². The first-order chi connectivity index (χ1) is 9.54. The predicted octanol–water partition coefficient (Wildman–Crippen LogP) is 3.91. The Balaban J connectivity index is 1.90.